The third-order valence-electron chi connectivity index (χ3n) is 3.42. The number of nitrogen functional groups attached to an aromatic ring is 1. The van der Waals surface area contributed by atoms with Crippen molar-refractivity contribution in [3.8, 4) is 5.69 Å². The molecule has 2 aromatic heterocycles. The minimum Gasteiger partial charge on any atom is -0.396 e. The van der Waals surface area contributed by atoms with E-state index in [9.17, 15) is 0 Å². The van der Waals surface area contributed by atoms with Crippen LogP contribution in [-0.2, 0) is 12.8 Å². The minimum absolute atomic E-state index is 0.715. The average Bonchev–Trinajstić information content (AvgIpc) is 2.91. The SMILES string of the molecule is CCc1nc(CC)n(-c2ccc3cnccc3c2N)n1. The Bertz CT molecular complexity index is 760. The first-order valence-electron chi connectivity index (χ1n) is 6.82. The lowest BCUT2D eigenvalue weighted by Gasteiger charge is -2.10. The van der Waals surface area contributed by atoms with Crippen molar-refractivity contribution in [1.29, 1.82) is 0 Å². The normalized spacial score (nSPS) is 11.1. The summed E-state index contributed by atoms with van der Waals surface area (Å²) < 4.78 is 1.86. The Balaban J connectivity index is 2.24. The molecule has 0 aliphatic carbocycles. The van der Waals surface area contributed by atoms with E-state index >= 15 is 0 Å². The first kappa shape index (κ1) is 12.6. The van der Waals surface area contributed by atoms with Gasteiger partial charge < -0.3 is 5.73 Å². The van der Waals surface area contributed by atoms with Gasteiger partial charge in [-0.3, -0.25) is 4.98 Å². The fourth-order valence-electron chi connectivity index (χ4n) is 2.33. The number of nitrogens with zero attached hydrogens (tertiary/aromatic N) is 4. The molecule has 3 aromatic rings. The summed E-state index contributed by atoms with van der Waals surface area (Å²) in [6.45, 7) is 4.12. The van der Waals surface area contributed by atoms with Gasteiger partial charge >= 0.3 is 0 Å². The van der Waals surface area contributed by atoms with Crippen LogP contribution < -0.4 is 5.73 Å². The number of hydrogen-bond acceptors (Lipinski definition) is 4. The van der Waals surface area contributed by atoms with Gasteiger partial charge in [0.05, 0.1) is 11.4 Å². The summed E-state index contributed by atoms with van der Waals surface area (Å²) >= 11 is 0. The van der Waals surface area contributed by atoms with Crippen molar-refractivity contribution in [2.75, 3.05) is 5.73 Å². The van der Waals surface area contributed by atoms with Gasteiger partial charge in [-0.1, -0.05) is 19.9 Å². The summed E-state index contributed by atoms with van der Waals surface area (Å²) in [5.41, 5.74) is 7.91. The van der Waals surface area contributed by atoms with E-state index in [1.54, 1.807) is 6.20 Å². The molecule has 5 nitrogen and oxygen atoms in total. The second-order valence-electron chi connectivity index (χ2n) is 4.66. The molecule has 0 unspecified atom stereocenters. The third kappa shape index (κ3) is 1.91. The maximum atomic E-state index is 6.31. The molecule has 102 valence electrons. The molecule has 0 fully saturated rings. The number of rotatable bonds is 3. The van der Waals surface area contributed by atoms with E-state index in [-0.39, 0.29) is 0 Å². The number of aryl methyl sites for hydroxylation is 2. The lowest BCUT2D eigenvalue weighted by atomic mass is 10.1. The van der Waals surface area contributed by atoms with Crippen molar-refractivity contribution < 1.29 is 0 Å². The highest BCUT2D eigenvalue weighted by molar-refractivity contribution is 5.96. The molecule has 2 N–H and O–H groups in total. The maximum Gasteiger partial charge on any atom is 0.151 e. The maximum absolute atomic E-state index is 6.31. The number of anilines is 1. The zero-order valence-corrected chi connectivity index (χ0v) is 11.7. The van der Waals surface area contributed by atoms with Crippen LogP contribution in [0.2, 0.25) is 0 Å². The molecule has 3 rings (SSSR count). The van der Waals surface area contributed by atoms with Crippen molar-refractivity contribution in [3.63, 3.8) is 0 Å². The zero-order valence-electron chi connectivity index (χ0n) is 11.7. The van der Waals surface area contributed by atoms with Gasteiger partial charge in [0, 0.05) is 36.0 Å². The van der Waals surface area contributed by atoms with Crippen LogP contribution in [0.5, 0.6) is 0 Å². The minimum atomic E-state index is 0.715. The van der Waals surface area contributed by atoms with Crippen molar-refractivity contribution >= 4 is 16.5 Å². The van der Waals surface area contributed by atoms with Crippen LogP contribution in [0.4, 0.5) is 5.69 Å². The van der Waals surface area contributed by atoms with E-state index < -0.39 is 0 Å². The largest absolute Gasteiger partial charge is 0.396 e. The van der Waals surface area contributed by atoms with Crippen molar-refractivity contribution in [2.45, 2.75) is 26.7 Å². The smallest absolute Gasteiger partial charge is 0.151 e. The fourth-order valence-corrected chi connectivity index (χ4v) is 2.33. The third-order valence-corrected chi connectivity index (χ3v) is 3.42. The van der Waals surface area contributed by atoms with Gasteiger partial charge in [-0.05, 0) is 12.1 Å². The van der Waals surface area contributed by atoms with Crippen molar-refractivity contribution in [3.05, 3.63) is 42.2 Å². The molecular formula is C15H17N5. The van der Waals surface area contributed by atoms with Gasteiger partial charge in [0.25, 0.3) is 0 Å². The molecule has 0 atom stereocenters. The van der Waals surface area contributed by atoms with E-state index in [0.717, 1.165) is 41.0 Å². The van der Waals surface area contributed by atoms with Crippen LogP contribution in [0.25, 0.3) is 16.5 Å². The predicted molar refractivity (Wildman–Crippen MR) is 79.8 cm³/mol. The Labute approximate surface area is 117 Å². The summed E-state index contributed by atoms with van der Waals surface area (Å²) in [5.74, 6) is 1.78. The Morgan fingerprint density at radius 3 is 2.75 bits per heavy atom. The van der Waals surface area contributed by atoms with Gasteiger partial charge in [-0.2, -0.15) is 5.10 Å². The molecular weight excluding hydrogens is 250 g/mol. The Hall–Kier alpha value is -2.43. The second kappa shape index (κ2) is 4.92. The van der Waals surface area contributed by atoms with Crippen LogP contribution >= 0.6 is 0 Å². The van der Waals surface area contributed by atoms with E-state index in [4.69, 9.17) is 5.73 Å². The number of pyridine rings is 1. The number of hydrogen-bond donors (Lipinski definition) is 1. The molecule has 2 heterocycles. The molecule has 0 amide bonds. The van der Waals surface area contributed by atoms with E-state index in [2.05, 4.69) is 28.9 Å². The number of fused-ring (bicyclic) bond motifs is 1. The zero-order chi connectivity index (χ0) is 14.1. The average molecular weight is 267 g/mol. The number of benzene rings is 1. The van der Waals surface area contributed by atoms with Crippen LogP contribution in [0.1, 0.15) is 25.5 Å². The fraction of sp³-hybridized carbons (Fsp3) is 0.267. The van der Waals surface area contributed by atoms with Crippen LogP contribution in [0.15, 0.2) is 30.6 Å². The molecule has 0 saturated heterocycles. The van der Waals surface area contributed by atoms with Gasteiger partial charge in [0.2, 0.25) is 0 Å². The molecule has 1 aromatic carbocycles. The first-order chi connectivity index (χ1) is 9.74. The Morgan fingerprint density at radius 1 is 1.15 bits per heavy atom. The Kier molecular flexibility index (Phi) is 3.10. The first-order valence-corrected chi connectivity index (χ1v) is 6.82. The Morgan fingerprint density at radius 2 is 2.00 bits per heavy atom. The molecule has 0 bridgehead atoms. The van der Waals surface area contributed by atoms with Gasteiger partial charge in [0.1, 0.15) is 5.82 Å². The molecule has 0 radical (unpaired) electrons. The quantitative estimate of drug-likeness (QED) is 0.740. The molecule has 0 aliphatic heterocycles. The van der Waals surface area contributed by atoms with Gasteiger partial charge in [0.15, 0.2) is 5.82 Å². The van der Waals surface area contributed by atoms with E-state index in [1.165, 1.54) is 0 Å². The standard InChI is InChI=1S/C15H17N5/c1-3-13-18-14(4-2)20(19-13)12-6-5-10-9-17-8-7-11(10)15(12)16/h5-9H,3-4,16H2,1-2H3. The van der Waals surface area contributed by atoms with Crippen LogP contribution in [0, 0.1) is 0 Å². The molecule has 5 heteroatoms. The predicted octanol–water partition coefficient (Wildman–Crippen LogP) is 2.52. The molecule has 0 saturated carbocycles. The molecule has 0 spiro atoms. The van der Waals surface area contributed by atoms with E-state index in [1.807, 2.05) is 29.1 Å². The van der Waals surface area contributed by atoms with E-state index in [0.29, 0.717) is 5.69 Å². The number of aromatic nitrogens is 4. The summed E-state index contributed by atoms with van der Waals surface area (Å²) in [7, 11) is 0. The summed E-state index contributed by atoms with van der Waals surface area (Å²) in [6, 6.07) is 5.92. The van der Waals surface area contributed by atoms with Crippen LogP contribution in [0.3, 0.4) is 0 Å². The summed E-state index contributed by atoms with van der Waals surface area (Å²) in [4.78, 5) is 8.65. The lowest BCUT2D eigenvalue weighted by Crippen LogP contribution is -2.06. The molecule has 0 aliphatic rings. The van der Waals surface area contributed by atoms with Gasteiger partial charge in [-0.25, -0.2) is 9.67 Å². The van der Waals surface area contributed by atoms with Crippen molar-refractivity contribution in [2.24, 2.45) is 0 Å². The highest BCUT2D eigenvalue weighted by Gasteiger charge is 2.13. The second-order valence-corrected chi connectivity index (χ2v) is 4.66. The highest BCUT2D eigenvalue weighted by atomic mass is 15.4. The van der Waals surface area contributed by atoms with Crippen molar-refractivity contribution in [1.82, 2.24) is 19.7 Å². The van der Waals surface area contributed by atoms with Crippen LogP contribution in [-0.4, -0.2) is 19.7 Å². The highest BCUT2D eigenvalue weighted by Crippen LogP contribution is 2.27. The topological polar surface area (TPSA) is 69.6 Å². The summed E-state index contributed by atoms with van der Waals surface area (Å²) in [6.07, 6.45) is 5.20. The summed E-state index contributed by atoms with van der Waals surface area (Å²) in [5, 5.41) is 6.57. The monoisotopic (exact) mass is 267 g/mol. The molecule has 20 heavy (non-hydrogen) atoms. The number of nitrogens with two attached hydrogens (primary N) is 1. The van der Waals surface area contributed by atoms with Gasteiger partial charge in [-0.15, -0.1) is 0 Å². The lowest BCUT2D eigenvalue weighted by molar-refractivity contribution is 0.793.